The summed E-state index contributed by atoms with van der Waals surface area (Å²) in [6.45, 7) is 0.154. The lowest BCUT2D eigenvalue weighted by atomic mass is 10.2. The molecule has 8 nitrogen and oxygen atoms in total. The van der Waals surface area contributed by atoms with Gasteiger partial charge in [-0.3, -0.25) is 4.57 Å². The molecule has 0 aliphatic heterocycles. The van der Waals surface area contributed by atoms with Crippen molar-refractivity contribution in [2.45, 2.75) is 6.54 Å². The summed E-state index contributed by atoms with van der Waals surface area (Å²) in [4.78, 5) is 12.4. The van der Waals surface area contributed by atoms with Crippen LogP contribution in [0.1, 0.15) is 5.56 Å². The molecule has 2 aromatic carbocycles. The average Bonchev–Trinajstić information content (AvgIpc) is 3.02. The molecule has 0 amide bonds. The van der Waals surface area contributed by atoms with Crippen molar-refractivity contribution in [2.24, 2.45) is 7.05 Å². The molecular weight excluding hydrogens is 392 g/mol. The molecule has 0 atom stereocenters. The molecule has 9 heteroatoms. The van der Waals surface area contributed by atoms with Gasteiger partial charge in [-0.25, -0.2) is 22.6 Å². The lowest BCUT2D eigenvalue weighted by Gasteiger charge is -2.03. The Morgan fingerprint density at radius 1 is 1.10 bits per heavy atom. The summed E-state index contributed by atoms with van der Waals surface area (Å²) in [6, 6.07) is 16.3. The highest BCUT2D eigenvalue weighted by molar-refractivity contribution is 7.92. The zero-order valence-corrected chi connectivity index (χ0v) is 17.0. The van der Waals surface area contributed by atoms with Crippen LogP contribution in [0.15, 0.2) is 64.8 Å². The molecule has 0 spiro atoms. The first-order chi connectivity index (χ1) is 13.9. The quantitative estimate of drug-likeness (QED) is 0.607. The minimum atomic E-state index is -3.62. The van der Waals surface area contributed by atoms with Crippen molar-refractivity contribution in [3.63, 3.8) is 0 Å². The van der Waals surface area contributed by atoms with E-state index in [1.807, 2.05) is 30.3 Å². The summed E-state index contributed by atoms with van der Waals surface area (Å²) in [5, 5.41) is 5.43. The van der Waals surface area contributed by atoms with Crippen LogP contribution in [0, 0.1) is 0 Å². The Bertz CT molecular complexity index is 1150. The van der Waals surface area contributed by atoms with Gasteiger partial charge < -0.3 is 4.74 Å². The minimum Gasteiger partial charge on any atom is -0.497 e. The molecule has 1 heterocycles. The van der Waals surface area contributed by atoms with Crippen molar-refractivity contribution in [2.75, 3.05) is 13.7 Å². The Labute approximate surface area is 169 Å². The predicted octanol–water partition coefficient (Wildman–Crippen LogP) is 1.85. The van der Waals surface area contributed by atoms with Crippen molar-refractivity contribution in [1.29, 1.82) is 0 Å². The fourth-order valence-electron chi connectivity index (χ4n) is 2.70. The van der Waals surface area contributed by atoms with Gasteiger partial charge >= 0.3 is 5.69 Å². The highest BCUT2D eigenvalue weighted by atomic mass is 32.2. The summed E-state index contributed by atoms with van der Waals surface area (Å²) in [5.74, 6) is 1.20. The second-order valence-electron chi connectivity index (χ2n) is 6.27. The fraction of sp³-hybridized carbons (Fsp3) is 0.200. The number of methoxy groups -OCH3 is 1. The maximum absolute atomic E-state index is 12.4. The molecule has 152 valence electrons. The molecule has 0 bridgehead atoms. The van der Waals surface area contributed by atoms with Crippen molar-refractivity contribution in [3.05, 3.63) is 76.1 Å². The molecule has 1 N–H and O–H groups in total. The SMILES string of the molecule is COc1ccc(-c2nn(CCNS(=O)(=O)/C=C/c3ccccc3)c(=O)n2C)cc1. The van der Waals surface area contributed by atoms with Gasteiger partial charge in [-0.05, 0) is 35.9 Å². The Hall–Kier alpha value is -3.17. The molecule has 0 saturated heterocycles. The third-order valence-electron chi connectivity index (χ3n) is 4.26. The Morgan fingerprint density at radius 2 is 1.79 bits per heavy atom. The van der Waals surface area contributed by atoms with E-state index in [0.29, 0.717) is 11.6 Å². The third kappa shape index (κ3) is 5.21. The molecule has 3 rings (SSSR count). The van der Waals surface area contributed by atoms with Gasteiger partial charge in [0.2, 0.25) is 10.0 Å². The van der Waals surface area contributed by atoms with E-state index >= 15 is 0 Å². The van der Waals surface area contributed by atoms with E-state index in [9.17, 15) is 13.2 Å². The van der Waals surface area contributed by atoms with Gasteiger partial charge in [0, 0.05) is 24.6 Å². The van der Waals surface area contributed by atoms with E-state index in [-0.39, 0.29) is 18.8 Å². The first-order valence-electron chi connectivity index (χ1n) is 8.91. The topological polar surface area (TPSA) is 95.2 Å². The van der Waals surface area contributed by atoms with Crippen molar-refractivity contribution < 1.29 is 13.2 Å². The molecule has 3 aromatic rings. The van der Waals surface area contributed by atoms with Gasteiger partial charge in [0.1, 0.15) is 5.75 Å². The van der Waals surface area contributed by atoms with Gasteiger partial charge in [-0.1, -0.05) is 30.3 Å². The normalized spacial score (nSPS) is 11.8. The summed E-state index contributed by atoms with van der Waals surface area (Å²) in [5.41, 5.74) is 1.22. The van der Waals surface area contributed by atoms with Gasteiger partial charge in [-0.15, -0.1) is 5.10 Å². The van der Waals surface area contributed by atoms with E-state index in [4.69, 9.17) is 4.74 Å². The van der Waals surface area contributed by atoms with Crippen LogP contribution in [-0.2, 0) is 23.6 Å². The number of nitrogens with zero attached hydrogens (tertiary/aromatic N) is 3. The number of hydrogen-bond donors (Lipinski definition) is 1. The van der Waals surface area contributed by atoms with E-state index in [0.717, 1.165) is 16.5 Å². The van der Waals surface area contributed by atoms with Crippen LogP contribution in [0.5, 0.6) is 5.75 Å². The Balaban J connectivity index is 1.66. The average molecular weight is 414 g/mol. The Kier molecular flexibility index (Phi) is 6.30. The standard InChI is InChI=1S/C20H22N4O4S/c1-23-19(17-8-10-18(28-2)11-9-17)22-24(20(23)25)14-13-21-29(26,27)15-12-16-6-4-3-5-7-16/h3-12,15,21H,13-14H2,1-2H3/b15-12+. The van der Waals surface area contributed by atoms with Gasteiger partial charge in [0.15, 0.2) is 5.82 Å². The first-order valence-corrected chi connectivity index (χ1v) is 10.5. The largest absolute Gasteiger partial charge is 0.497 e. The second kappa shape index (κ2) is 8.89. The predicted molar refractivity (Wildman–Crippen MR) is 112 cm³/mol. The monoisotopic (exact) mass is 414 g/mol. The summed E-state index contributed by atoms with van der Waals surface area (Å²) in [6.07, 6.45) is 1.51. The van der Waals surface area contributed by atoms with Crippen LogP contribution in [0.25, 0.3) is 17.5 Å². The number of ether oxygens (including phenoxy) is 1. The van der Waals surface area contributed by atoms with E-state index in [1.165, 1.54) is 15.3 Å². The van der Waals surface area contributed by atoms with Gasteiger partial charge in [0.05, 0.1) is 13.7 Å². The summed E-state index contributed by atoms with van der Waals surface area (Å²) >= 11 is 0. The highest BCUT2D eigenvalue weighted by Crippen LogP contribution is 2.19. The van der Waals surface area contributed by atoms with Crippen LogP contribution >= 0.6 is 0 Å². The van der Waals surface area contributed by atoms with Crippen LogP contribution in [0.4, 0.5) is 0 Å². The van der Waals surface area contributed by atoms with Crippen molar-refractivity contribution >= 4 is 16.1 Å². The smallest absolute Gasteiger partial charge is 0.345 e. The van der Waals surface area contributed by atoms with Crippen LogP contribution < -0.4 is 15.1 Å². The number of rotatable bonds is 8. The number of hydrogen-bond acceptors (Lipinski definition) is 5. The van der Waals surface area contributed by atoms with Gasteiger partial charge in [0.25, 0.3) is 0 Å². The molecule has 1 aromatic heterocycles. The third-order valence-corrected chi connectivity index (χ3v) is 5.36. The zero-order chi connectivity index (χ0) is 20.9. The lowest BCUT2D eigenvalue weighted by Crippen LogP contribution is -2.30. The molecule has 0 saturated carbocycles. The number of nitrogens with one attached hydrogen (secondary N) is 1. The fourth-order valence-corrected chi connectivity index (χ4v) is 3.51. The molecule has 0 aliphatic carbocycles. The van der Waals surface area contributed by atoms with E-state index < -0.39 is 10.0 Å². The van der Waals surface area contributed by atoms with E-state index in [1.54, 1.807) is 38.4 Å². The molecule has 29 heavy (non-hydrogen) atoms. The zero-order valence-electron chi connectivity index (χ0n) is 16.1. The summed E-state index contributed by atoms with van der Waals surface area (Å²) < 4.78 is 34.5. The molecule has 0 aliphatic rings. The molecule has 0 radical (unpaired) electrons. The minimum absolute atomic E-state index is 0.0421. The van der Waals surface area contributed by atoms with Crippen LogP contribution in [0.3, 0.4) is 0 Å². The molecule has 0 fully saturated rings. The molecule has 0 unspecified atom stereocenters. The number of benzene rings is 2. The maximum atomic E-state index is 12.4. The summed E-state index contributed by atoms with van der Waals surface area (Å²) in [7, 11) is -0.418. The van der Waals surface area contributed by atoms with Gasteiger partial charge in [-0.2, -0.15) is 0 Å². The highest BCUT2D eigenvalue weighted by Gasteiger charge is 2.13. The first kappa shape index (κ1) is 20.6. The second-order valence-corrected chi connectivity index (χ2v) is 7.92. The maximum Gasteiger partial charge on any atom is 0.345 e. The van der Waals surface area contributed by atoms with Crippen molar-refractivity contribution in [1.82, 2.24) is 19.1 Å². The Morgan fingerprint density at radius 3 is 2.45 bits per heavy atom. The van der Waals surface area contributed by atoms with Crippen molar-refractivity contribution in [3.8, 4) is 17.1 Å². The van der Waals surface area contributed by atoms with Crippen LogP contribution in [-0.4, -0.2) is 36.4 Å². The number of aromatic nitrogens is 3. The number of sulfonamides is 1. The lowest BCUT2D eigenvalue weighted by molar-refractivity contribution is 0.415. The molecular formula is C20H22N4O4S. The van der Waals surface area contributed by atoms with Crippen LogP contribution in [0.2, 0.25) is 0 Å². The van der Waals surface area contributed by atoms with E-state index in [2.05, 4.69) is 9.82 Å².